The Bertz CT molecular complexity index is 41.3. The molecule has 0 aliphatic heterocycles. The number of aliphatic hydroxyl groups excluding tert-OH is 1. The summed E-state index contributed by atoms with van der Waals surface area (Å²) >= 11 is 0. The van der Waals surface area contributed by atoms with Crippen LogP contribution in [0.3, 0.4) is 0 Å². The van der Waals surface area contributed by atoms with Crippen LogP contribution in [-0.4, -0.2) is 11.2 Å². The molecule has 0 heterocycles. The molecule has 0 bridgehead atoms. The van der Waals surface area contributed by atoms with Gasteiger partial charge in [0.25, 0.3) is 0 Å². The van der Waals surface area contributed by atoms with Crippen LogP contribution in [0.4, 0.5) is 0 Å². The number of aliphatic hydroxyl groups is 1. The average molecular weight is 323 g/mol. The molecule has 1 rings (SSSR count). The van der Waals surface area contributed by atoms with E-state index in [4.69, 9.17) is 5.11 Å². The zero-order chi connectivity index (χ0) is 4.41. The fraction of sp³-hybridized carbons (Fsp3) is 0.800. The van der Waals surface area contributed by atoms with Crippen molar-refractivity contribution in [1.82, 2.24) is 0 Å². The largest absolute Gasteiger partial charge is 0.396 e. The van der Waals surface area contributed by atoms with Crippen LogP contribution in [-0.2, 0) is 0 Å². The number of hydrogen-bond donors (Lipinski definition) is 1. The Morgan fingerprint density at radius 3 is 2.43 bits per heavy atom. The second-order valence-electron chi connectivity index (χ2n) is 1.76. The fourth-order valence-corrected chi connectivity index (χ4v) is 0.738. The van der Waals surface area contributed by atoms with E-state index >= 15 is 0 Å². The van der Waals surface area contributed by atoms with Crippen LogP contribution in [0, 0.1) is 37.5 Å². The molecule has 7 heavy (non-hydrogen) atoms. The third-order valence-electron chi connectivity index (χ3n) is 1.14. The smallest absolute Gasteiger partial charge is 0.0247 e. The minimum absolute atomic E-state index is 0. The van der Waals surface area contributed by atoms with E-state index in [9.17, 15) is 0 Å². The summed E-state index contributed by atoms with van der Waals surface area (Å²) in [5.74, 6) is 0. The van der Waals surface area contributed by atoms with Gasteiger partial charge >= 0.3 is 0 Å². The topological polar surface area (TPSA) is 20.2 Å². The monoisotopic (exact) mass is 323 g/mol. The van der Waals surface area contributed by atoms with E-state index in [-0.39, 0.29) is 37.2 Å². The first-order valence-corrected chi connectivity index (χ1v) is 2.39. The Labute approximate surface area is 67.9 Å². The van der Waals surface area contributed by atoms with Crippen LogP contribution < -0.4 is 0 Å². The Morgan fingerprint density at radius 2 is 2.29 bits per heavy atom. The van der Waals surface area contributed by atoms with E-state index in [2.05, 4.69) is 6.42 Å². The van der Waals surface area contributed by atoms with E-state index in [1.54, 1.807) is 0 Å². The van der Waals surface area contributed by atoms with Crippen LogP contribution >= 0.6 is 0 Å². The molecule has 1 saturated carbocycles. The SMILES string of the molecule is OC1C[CH-]CC1.[U]. The van der Waals surface area contributed by atoms with Crippen molar-refractivity contribution in [2.24, 2.45) is 0 Å². The van der Waals surface area contributed by atoms with Gasteiger partial charge in [0, 0.05) is 37.2 Å². The fourth-order valence-electron chi connectivity index (χ4n) is 0.738. The molecule has 0 aromatic carbocycles. The maximum Gasteiger partial charge on any atom is 0.0247 e. The summed E-state index contributed by atoms with van der Waals surface area (Å²) in [5, 5.41) is 8.70. The molecule has 0 radical (unpaired) electrons. The van der Waals surface area contributed by atoms with Crippen LogP contribution in [0.2, 0.25) is 0 Å². The summed E-state index contributed by atoms with van der Waals surface area (Å²) in [6.45, 7) is 0. The van der Waals surface area contributed by atoms with Gasteiger partial charge in [0.2, 0.25) is 0 Å². The maximum atomic E-state index is 8.70. The minimum Gasteiger partial charge on any atom is -0.396 e. The Morgan fingerprint density at radius 1 is 1.57 bits per heavy atom. The van der Waals surface area contributed by atoms with Gasteiger partial charge in [0.05, 0.1) is 0 Å². The van der Waals surface area contributed by atoms with Gasteiger partial charge in [-0.2, -0.15) is 12.8 Å². The Balaban J connectivity index is 0.000000360. The van der Waals surface area contributed by atoms with Crippen molar-refractivity contribution in [2.45, 2.75) is 25.4 Å². The second kappa shape index (κ2) is 3.95. The van der Waals surface area contributed by atoms with Crippen molar-refractivity contribution in [1.29, 1.82) is 0 Å². The summed E-state index contributed by atoms with van der Waals surface area (Å²) in [7, 11) is 0. The molecule has 1 N–H and O–H groups in total. The first-order valence-electron chi connectivity index (χ1n) is 2.39. The molecule has 1 aliphatic carbocycles. The standard InChI is InChI=1S/C5H9O.U/c6-5-3-1-2-4-5;/h1,5-6H,2-4H2;/q-1;. The van der Waals surface area contributed by atoms with E-state index in [0.29, 0.717) is 0 Å². The van der Waals surface area contributed by atoms with Gasteiger partial charge in [-0.25, -0.2) is 0 Å². The van der Waals surface area contributed by atoms with Gasteiger partial charge in [-0.3, -0.25) is 0 Å². The molecule has 1 aliphatic rings. The third kappa shape index (κ3) is 2.74. The van der Waals surface area contributed by atoms with Crippen molar-refractivity contribution in [3.8, 4) is 0 Å². The zero-order valence-electron chi connectivity index (χ0n) is 4.22. The first-order chi connectivity index (χ1) is 2.89. The van der Waals surface area contributed by atoms with Gasteiger partial charge < -0.3 is 11.5 Å². The molecule has 0 aromatic heterocycles. The predicted octanol–water partition coefficient (Wildman–Crippen LogP) is 0.735. The van der Waals surface area contributed by atoms with Crippen LogP contribution in [0.5, 0.6) is 0 Å². The van der Waals surface area contributed by atoms with Crippen molar-refractivity contribution in [2.75, 3.05) is 0 Å². The first kappa shape index (κ1) is 8.01. The Kier molecular flexibility index (Phi) is 4.52. The molecule has 0 aromatic rings. The van der Waals surface area contributed by atoms with E-state index in [0.717, 1.165) is 19.3 Å². The van der Waals surface area contributed by atoms with Crippen molar-refractivity contribution >= 4 is 0 Å². The van der Waals surface area contributed by atoms with Crippen molar-refractivity contribution in [3.05, 3.63) is 6.42 Å². The van der Waals surface area contributed by atoms with Gasteiger partial charge in [-0.15, -0.1) is 0 Å². The van der Waals surface area contributed by atoms with E-state index in [1.807, 2.05) is 0 Å². The molecule has 40 valence electrons. The second-order valence-corrected chi connectivity index (χ2v) is 1.76. The third-order valence-corrected chi connectivity index (χ3v) is 1.14. The van der Waals surface area contributed by atoms with E-state index < -0.39 is 0 Å². The number of hydrogen-bond acceptors (Lipinski definition) is 1. The average Bonchev–Trinajstić information content (AvgIpc) is 1.86. The van der Waals surface area contributed by atoms with Crippen molar-refractivity contribution in [3.63, 3.8) is 0 Å². The zero-order valence-corrected chi connectivity index (χ0v) is 8.39. The quantitative estimate of drug-likeness (QED) is 0.652. The molecule has 2 heteroatoms. The summed E-state index contributed by atoms with van der Waals surface area (Å²) < 4.78 is 0. The molecule has 1 unspecified atom stereocenters. The van der Waals surface area contributed by atoms with Gasteiger partial charge in [-0.1, -0.05) is 6.42 Å². The Hall–Kier alpha value is 1.01. The summed E-state index contributed by atoms with van der Waals surface area (Å²) in [4.78, 5) is 0. The molecule has 1 atom stereocenters. The van der Waals surface area contributed by atoms with Crippen LogP contribution in [0.1, 0.15) is 19.3 Å². The van der Waals surface area contributed by atoms with Crippen molar-refractivity contribution < 1.29 is 36.2 Å². The van der Waals surface area contributed by atoms with Crippen LogP contribution in [0.15, 0.2) is 0 Å². The summed E-state index contributed by atoms with van der Waals surface area (Å²) in [6.07, 6.45) is 5.14. The van der Waals surface area contributed by atoms with E-state index in [1.165, 1.54) is 0 Å². The van der Waals surface area contributed by atoms with Gasteiger partial charge in [0.1, 0.15) is 0 Å². The van der Waals surface area contributed by atoms with Gasteiger partial charge in [-0.05, 0) is 0 Å². The molecular weight excluding hydrogens is 314 g/mol. The molecule has 0 amide bonds. The molecule has 0 saturated heterocycles. The molecule has 0 spiro atoms. The molecule has 1 nitrogen and oxygen atoms in total. The molecular formula is C5H9OU-. The predicted molar refractivity (Wildman–Crippen MR) is 24.2 cm³/mol. The molecule has 1 fully saturated rings. The summed E-state index contributed by atoms with van der Waals surface area (Å²) in [6, 6.07) is 0. The number of rotatable bonds is 0. The normalized spacial score (nSPS) is 29.6. The van der Waals surface area contributed by atoms with Crippen LogP contribution in [0.25, 0.3) is 0 Å². The maximum absolute atomic E-state index is 8.70. The summed E-state index contributed by atoms with van der Waals surface area (Å²) in [5.41, 5.74) is 0. The van der Waals surface area contributed by atoms with Gasteiger partial charge in [0.15, 0.2) is 0 Å². The minimum atomic E-state index is -0.00926.